The number of hydrogen-bond acceptors (Lipinski definition) is 0. The van der Waals surface area contributed by atoms with Crippen molar-refractivity contribution in [3.8, 4) is 0 Å². The first-order valence-corrected chi connectivity index (χ1v) is 9.56. The van der Waals surface area contributed by atoms with Crippen molar-refractivity contribution in [2.45, 2.75) is 55.4 Å². The Labute approximate surface area is 148 Å². The lowest BCUT2D eigenvalue weighted by atomic mass is 9.95. The Hall–Kier alpha value is -2.08. The van der Waals surface area contributed by atoms with Gasteiger partial charge in [-0.1, -0.05) is 116 Å². The smallest absolute Gasteiger partial charge is 0.00268 e. The summed E-state index contributed by atoms with van der Waals surface area (Å²) in [5.41, 5.74) is 0. The summed E-state index contributed by atoms with van der Waals surface area (Å²) in [4.78, 5) is 0. The molecular formula is C24H34. The number of rotatable bonds is 0. The number of hydrogen-bond donors (Lipinski definition) is 0. The predicted octanol–water partition coefficient (Wildman–Crippen LogP) is 8.69. The maximum absolute atomic E-state index is 2.21. The molecule has 0 unspecified atom stereocenters. The van der Waals surface area contributed by atoms with Crippen LogP contribution in [0.3, 0.4) is 0 Å². The Morgan fingerprint density at radius 3 is 0.750 bits per heavy atom. The van der Waals surface area contributed by atoms with E-state index in [1.165, 1.54) is 32.3 Å². The van der Waals surface area contributed by atoms with Gasteiger partial charge >= 0.3 is 0 Å². The van der Waals surface area contributed by atoms with Crippen LogP contribution in [-0.2, 0) is 0 Å². The summed E-state index contributed by atoms with van der Waals surface area (Å²) in [6, 6.07) is 21.9. The molecule has 0 heteroatoms. The van der Waals surface area contributed by atoms with Crippen LogP contribution in [-0.4, -0.2) is 0 Å². The molecular weight excluding hydrogens is 288 g/mol. The van der Waals surface area contributed by atoms with E-state index in [-0.39, 0.29) is 0 Å². The van der Waals surface area contributed by atoms with Gasteiger partial charge in [0, 0.05) is 0 Å². The largest absolute Gasteiger partial charge is 0.0683 e. The zero-order valence-corrected chi connectivity index (χ0v) is 16.8. The van der Waals surface area contributed by atoms with Crippen LogP contribution in [0.4, 0.5) is 0 Å². The molecule has 4 rings (SSSR count). The van der Waals surface area contributed by atoms with Crippen LogP contribution in [0.5, 0.6) is 0 Å². The van der Waals surface area contributed by atoms with Crippen LogP contribution in [0.1, 0.15) is 55.4 Å². The predicted molar refractivity (Wildman–Crippen MR) is 116 cm³/mol. The molecule has 0 aliphatic carbocycles. The average molecular weight is 323 g/mol. The lowest BCUT2D eigenvalue weighted by Crippen LogP contribution is -1.82. The van der Waals surface area contributed by atoms with Crippen LogP contribution in [0.2, 0.25) is 0 Å². The lowest BCUT2D eigenvalue weighted by Gasteiger charge is -2.09. The van der Waals surface area contributed by atoms with Crippen LogP contribution in [0, 0.1) is 0 Å². The van der Waals surface area contributed by atoms with Crippen molar-refractivity contribution >= 4 is 32.3 Å². The third kappa shape index (κ3) is 4.47. The Morgan fingerprint density at radius 2 is 0.542 bits per heavy atom. The molecule has 130 valence electrons. The van der Waals surface area contributed by atoms with Gasteiger partial charge in [-0.3, -0.25) is 0 Å². The maximum atomic E-state index is 2.21. The van der Waals surface area contributed by atoms with Gasteiger partial charge in [0.2, 0.25) is 0 Å². The molecule has 0 atom stereocenters. The third-order valence-corrected chi connectivity index (χ3v) is 3.39. The minimum absolute atomic E-state index is 1.34. The normalized spacial score (nSPS) is 8.83. The van der Waals surface area contributed by atoms with Gasteiger partial charge in [0.15, 0.2) is 0 Å². The van der Waals surface area contributed by atoms with Gasteiger partial charge in [0.05, 0.1) is 0 Å². The SMILES string of the molecule is CC.CC.CC.CC.c1cc2ccc3cccc4ccc(c1)c2c34. The summed E-state index contributed by atoms with van der Waals surface area (Å²) in [5.74, 6) is 0. The van der Waals surface area contributed by atoms with E-state index in [0.717, 1.165) is 0 Å². The Kier molecular flexibility index (Phi) is 11.3. The quantitative estimate of drug-likeness (QED) is 0.284. The van der Waals surface area contributed by atoms with Crippen molar-refractivity contribution in [1.82, 2.24) is 0 Å². The van der Waals surface area contributed by atoms with E-state index in [1.54, 1.807) is 0 Å². The molecule has 0 nitrogen and oxygen atoms in total. The van der Waals surface area contributed by atoms with Gasteiger partial charge in [-0.25, -0.2) is 0 Å². The highest BCUT2D eigenvalue weighted by molar-refractivity contribution is 6.22. The van der Waals surface area contributed by atoms with Gasteiger partial charge in [0.25, 0.3) is 0 Å². The highest BCUT2D eigenvalue weighted by Crippen LogP contribution is 2.33. The third-order valence-electron chi connectivity index (χ3n) is 3.39. The molecule has 0 radical (unpaired) electrons. The van der Waals surface area contributed by atoms with E-state index in [2.05, 4.69) is 60.7 Å². The molecule has 0 aliphatic heterocycles. The number of benzene rings is 4. The van der Waals surface area contributed by atoms with Gasteiger partial charge in [-0.2, -0.15) is 0 Å². The van der Waals surface area contributed by atoms with Gasteiger partial charge in [0.1, 0.15) is 0 Å². The highest BCUT2D eigenvalue weighted by Gasteiger charge is 2.05. The zero-order valence-electron chi connectivity index (χ0n) is 16.8. The van der Waals surface area contributed by atoms with Gasteiger partial charge < -0.3 is 0 Å². The lowest BCUT2D eigenvalue weighted by molar-refractivity contribution is 1.50. The molecule has 0 fully saturated rings. The molecule has 0 bridgehead atoms. The summed E-state index contributed by atoms with van der Waals surface area (Å²) in [6.45, 7) is 16.0. The summed E-state index contributed by atoms with van der Waals surface area (Å²) in [6.07, 6.45) is 0. The van der Waals surface area contributed by atoms with Crippen molar-refractivity contribution in [3.63, 3.8) is 0 Å². The van der Waals surface area contributed by atoms with Crippen LogP contribution >= 0.6 is 0 Å². The monoisotopic (exact) mass is 322 g/mol. The second-order valence-corrected chi connectivity index (χ2v) is 4.29. The van der Waals surface area contributed by atoms with Gasteiger partial charge in [-0.15, -0.1) is 0 Å². The molecule has 0 saturated heterocycles. The first kappa shape index (κ1) is 21.9. The van der Waals surface area contributed by atoms with Crippen LogP contribution in [0.15, 0.2) is 60.7 Å². The van der Waals surface area contributed by atoms with Crippen molar-refractivity contribution < 1.29 is 0 Å². The van der Waals surface area contributed by atoms with Crippen molar-refractivity contribution in [3.05, 3.63) is 60.7 Å². The molecule has 0 heterocycles. The van der Waals surface area contributed by atoms with E-state index in [0.29, 0.717) is 0 Å². The highest BCUT2D eigenvalue weighted by atomic mass is 14.1. The first-order valence-electron chi connectivity index (χ1n) is 9.56. The Balaban J connectivity index is 0.000000588. The molecule has 0 spiro atoms. The Bertz CT molecular complexity index is 667. The average Bonchev–Trinajstić information content (AvgIpc) is 2.72. The Morgan fingerprint density at radius 1 is 0.333 bits per heavy atom. The fourth-order valence-corrected chi connectivity index (χ4v) is 2.67. The van der Waals surface area contributed by atoms with E-state index in [1.807, 2.05) is 55.4 Å². The minimum atomic E-state index is 1.34. The van der Waals surface area contributed by atoms with Crippen molar-refractivity contribution in [2.75, 3.05) is 0 Å². The summed E-state index contributed by atoms with van der Waals surface area (Å²) in [5, 5.41) is 8.14. The molecule has 0 N–H and O–H groups in total. The van der Waals surface area contributed by atoms with E-state index < -0.39 is 0 Å². The molecule has 0 aliphatic rings. The van der Waals surface area contributed by atoms with Crippen molar-refractivity contribution in [2.24, 2.45) is 0 Å². The van der Waals surface area contributed by atoms with Crippen LogP contribution < -0.4 is 0 Å². The fourth-order valence-electron chi connectivity index (χ4n) is 2.67. The van der Waals surface area contributed by atoms with E-state index >= 15 is 0 Å². The second-order valence-electron chi connectivity index (χ2n) is 4.29. The van der Waals surface area contributed by atoms with Crippen LogP contribution in [0.25, 0.3) is 32.3 Å². The summed E-state index contributed by atoms with van der Waals surface area (Å²) in [7, 11) is 0. The summed E-state index contributed by atoms with van der Waals surface area (Å²) < 4.78 is 0. The molecule has 4 aromatic carbocycles. The molecule has 0 aromatic heterocycles. The topological polar surface area (TPSA) is 0 Å². The fraction of sp³-hybridized carbons (Fsp3) is 0.333. The first-order chi connectivity index (χ1) is 11.9. The summed E-state index contributed by atoms with van der Waals surface area (Å²) >= 11 is 0. The second kappa shape index (κ2) is 12.4. The zero-order chi connectivity index (χ0) is 18.5. The van der Waals surface area contributed by atoms with Gasteiger partial charge in [-0.05, 0) is 32.3 Å². The maximum Gasteiger partial charge on any atom is -0.00268 e. The molecule has 0 amide bonds. The standard InChI is InChI=1S/C16H10.4C2H6/c1-3-11-7-9-13-5-2-6-14-10-8-12(4-1)15(11)16(13)14;4*1-2/h1-10H;4*1-2H3. The minimum Gasteiger partial charge on any atom is -0.0683 e. The van der Waals surface area contributed by atoms with E-state index in [4.69, 9.17) is 0 Å². The molecule has 24 heavy (non-hydrogen) atoms. The van der Waals surface area contributed by atoms with Crippen molar-refractivity contribution in [1.29, 1.82) is 0 Å². The van der Waals surface area contributed by atoms with E-state index in [9.17, 15) is 0 Å². The molecule has 4 aromatic rings. The molecule has 0 saturated carbocycles.